The minimum Gasteiger partial charge on any atom is -0.496 e. The highest BCUT2D eigenvalue weighted by Gasteiger charge is 2.02. The highest BCUT2D eigenvalue weighted by molar-refractivity contribution is 5.36. The number of rotatable bonds is 11. The molecule has 0 unspecified atom stereocenters. The van der Waals surface area contributed by atoms with Gasteiger partial charge in [0.2, 0.25) is 0 Å². The Labute approximate surface area is 121 Å². The number of hydrogen-bond donors (Lipinski definition) is 1. The van der Waals surface area contributed by atoms with E-state index < -0.39 is 0 Å². The van der Waals surface area contributed by atoms with E-state index in [0.717, 1.165) is 29.9 Å². The van der Waals surface area contributed by atoms with Crippen LogP contribution >= 0.6 is 0 Å². The summed E-state index contributed by atoms with van der Waals surface area (Å²) in [5.41, 5.74) is 7.76. The minimum absolute atomic E-state index is 0.458. The van der Waals surface area contributed by atoms with Crippen molar-refractivity contribution >= 4 is 0 Å². The van der Waals surface area contributed by atoms with Crippen molar-refractivity contribution in [1.29, 1.82) is 0 Å². The fraction of sp³-hybridized carbons (Fsp3) is 0.600. The average Bonchev–Trinajstić information content (AvgIpc) is 2.49. The first kappa shape index (κ1) is 16.9. The third-order valence-electron chi connectivity index (χ3n) is 2.84. The van der Waals surface area contributed by atoms with Crippen molar-refractivity contribution in [2.75, 3.05) is 40.6 Å². The fourth-order valence-corrected chi connectivity index (χ4v) is 1.80. The molecule has 0 heterocycles. The van der Waals surface area contributed by atoms with Gasteiger partial charge in [0.15, 0.2) is 0 Å². The van der Waals surface area contributed by atoms with E-state index in [1.807, 2.05) is 18.2 Å². The topological polar surface area (TPSA) is 62.9 Å². The molecule has 0 saturated carbocycles. The predicted molar refractivity (Wildman–Crippen MR) is 77.9 cm³/mol. The first-order valence-corrected chi connectivity index (χ1v) is 6.82. The summed E-state index contributed by atoms with van der Waals surface area (Å²) in [6.07, 6.45) is 0.912. The summed E-state index contributed by atoms with van der Waals surface area (Å²) in [6, 6.07) is 5.91. The Morgan fingerprint density at radius 3 is 2.50 bits per heavy atom. The van der Waals surface area contributed by atoms with Crippen LogP contribution in [0.3, 0.4) is 0 Å². The second-order valence-corrected chi connectivity index (χ2v) is 4.36. The SMILES string of the molecule is COCCCOCCOCc1ccc(OC)c(CN)c1. The van der Waals surface area contributed by atoms with E-state index in [4.69, 9.17) is 24.7 Å². The first-order chi connectivity index (χ1) is 9.81. The molecule has 20 heavy (non-hydrogen) atoms. The standard InChI is InChI=1S/C15H25NO4/c1-17-6-3-7-19-8-9-20-12-13-4-5-15(18-2)14(10-13)11-16/h4-5,10H,3,6-9,11-12,16H2,1-2H3. The number of benzene rings is 1. The van der Waals surface area contributed by atoms with Crippen LogP contribution in [0, 0.1) is 0 Å². The van der Waals surface area contributed by atoms with Gasteiger partial charge in [-0.15, -0.1) is 0 Å². The lowest BCUT2D eigenvalue weighted by Gasteiger charge is -2.10. The Morgan fingerprint density at radius 1 is 1.00 bits per heavy atom. The molecule has 0 aliphatic heterocycles. The number of ether oxygens (including phenoxy) is 4. The molecule has 0 saturated heterocycles. The third kappa shape index (κ3) is 6.34. The molecule has 0 fully saturated rings. The van der Waals surface area contributed by atoms with Crippen molar-refractivity contribution < 1.29 is 18.9 Å². The quantitative estimate of drug-likeness (QED) is 0.627. The second kappa shape index (κ2) is 10.6. The molecule has 0 spiro atoms. The maximum atomic E-state index is 5.68. The zero-order valence-corrected chi connectivity index (χ0v) is 12.4. The summed E-state index contributed by atoms with van der Waals surface area (Å²) in [5, 5.41) is 0. The minimum atomic E-state index is 0.458. The van der Waals surface area contributed by atoms with E-state index in [1.165, 1.54) is 0 Å². The van der Waals surface area contributed by atoms with Gasteiger partial charge in [-0.05, 0) is 24.1 Å². The molecule has 0 bridgehead atoms. The molecule has 1 aromatic carbocycles. The summed E-state index contributed by atoms with van der Waals surface area (Å²) in [4.78, 5) is 0. The van der Waals surface area contributed by atoms with Crippen molar-refractivity contribution in [2.45, 2.75) is 19.6 Å². The van der Waals surface area contributed by atoms with Gasteiger partial charge in [0.05, 0.1) is 26.9 Å². The van der Waals surface area contributed by atoms with Crippen LogP contribution in [0.1, 0.15) is 17.5 Å². The third-order valence-corrected chi connectivity index (χ3v) is 2.84. The second-order valence-electron chi connectivity index (χ2n) is 4.36. The molecule has 114 valence electrons. The highest BCUT2D eigenvalue weighted by atomic mass is 16.5. The Bertz CT molecular complexity index is 371. The summed E-state index contributed by atoms with van der Waals surface area (Å²) >= 11 is 0. The van der Waals surface area contributed by atoms with Crippen molar-refractivity contribution in [3.8, 4) is 5.75 Å². The van der Waals surface area contributed by atoms with Crippen molar-refractivity contribution in [3.05, 3.63) is 29.3 Å². The Hall–Kier alpha value is -1.14. The van der Waals surface area contributed by atoms with Gasteiger partial charge in [-0.25, -0.2) is 0 Å². The van der Waals surface area contributed by atoms with E-state index in [1.54, 1.807) is 14.2 Å². The molecule has 1 aromatic rings. The predicted octanol–water partition coefficient (Wildman–Crippen LogP) is 1.72. The Balaban J connectivity index is 2.18. The molecule has 0 aromatic heterocycles. The monoisotopic (exact) mass is 283 g/mol. The van der Waals surface area contributed by atoms with Crippen LogP contribution in [0.15, 0.2) is 18.2 Å². The normalized spacial score (nSPS) is 10.8. The van der Waals surface area contributed by atoms with Crippen LogP contribution in [0.25, 0.3) is 0 Å². The van der Waals surface area contributed by atoms with Crippen molar-refractivity contribution in [2.24, 2.45) is 5.73 Å². The Morgan fingerprint density at radius 2 is 1.80 bits per heavy atom. The van der Waals surface area contributed by atoms with Gasteiger partial charge in [0.25, 0.3) is 0 Å². The summed E-state index contributed by atoms with van der Waals surface area (Å²) in [7, 11) is 3.33. The van der Waals surface area contributed by atoms with Crippen LogP contribution in [-0.2, 0) is 27.4 Å². The smallest absolute Gasteiger partial charge is 0.123 e. The number of methoxy groups -OCH3 is 2. The van der Waals surface area contributed by atoms with E-state index in [-0.39, 0.29) is 0 Å². The van der Waals surface area contributed by atoms with E-state index in [0.29, 0.717) is 33.0 Å². The lowest BCUT2D eigenvalue weighted by atomic mass is 10.1. The fourth-order valence-electron chi connectivity index (χ4n) is 1.80. The lowest BCUT2D eigenvalue weighted by Crippen LogP contribution is -2.07. The van der Waals surface area contributed by atoms with Gasteiger partial charge in [-0.2, -0.15) is 0 Å². The summed E-state index contributed by atoms with van der Waals surface area (Å²) in [6.45, 7) is 3.63. The van der Waals surface area contributed by atoms with E-state index in [2.05, 4.69) is 0 Å². The van der Waals surface area contributed by atoms with Gasteiger partial charge < -0.3 is 24.7 Å². The zero-order chi connectivity index (χ0) is 14.6. The highest BCUT2D eigenvalue weighted by Crippen LogP contribution is 2.19. The molecule has 5 nitrogen and oxygen atoms in total. The summed E-state index contributed by atoms with van der Waals surface area (Å²) in [5.74, 6) is 0.817. The molecule has 5 heteroatoms. The van der Waals surface area contributed by atoms with Crippen LogP contribution in [0.4, 0.5) is 0 Å². The molecular weight excluding hydrogens is 258 g/mol. The van der Waals surface area contributed by atoms with Gasteiger partial charge >= 0.3 is 0 Å². The van der Waals surface area contributed by atoms with Gasteiger partial charge in [-0.3, -0.25) is 0 Å². The van der Waals surface area contributed by atoms with Crippen molar-refractivity contribution in [3.63, 3.8) is 0 Å². The molecule has 0 radical (unpaired) electrons. The van der Waals surface area contributed by atoms with Crippen LogP contribution in [0.2, 0.25) is 0 Å². The van der Waals surface area contributed by atoms with Gasteiger partial charge in [0.1, 0.15) is 5.75 Å². The van der Waals surface area contributed by atoms with Crippen molar-refractivity contribution in [1.82, 2.24) is 0 Å². The van der Waals surface area contributed by atoms with Gasteiger partial charge in [-0.1, -0.05) is 6.07 Å². The first-order valence-electron chi connectivity index (χ1n) is 6.82. The molecular formula is C15H25NO4. The molecule has 0 amide bonds. The molecule has 0 aliphatic rings. The van der Waals surface area contributed by atoms with E-state index >= 15 is 0 Å². The average molecular weight is 283 g/mol. The molecule has 0 atom stereocenters. The number of hydrogen-bond acceptors (Lipinski definition) is 5. The molecule has 0 aliphatic carbocycles. The molecule has 2 N–H and O–H groups in total. The summed E-state index contributed by atoms with van der Waals surface area (Å²) < 4.78 is 21.1. The molecule has 1 rings (SSSR count). The van der Waals surface area contributed by atoms with E-state index in [9.17, 15) is 0 Å². The maximum absolute atomic E-state index is 5.68. The maximum Gasteiger partial charge on any atom is 0.123 e. The lowest BCUT2D eigenvalue weighted by molar-refractivity contribution is 0.0336. The van der Waals surface area contributed by atoms with Crippen LogP contribution in [0.5, 0.6) is 5.75 Å². The van der Waals surface area contributed by atoms with Gasteiger partial charge in [0, 0.05) is 32.4 Å². The zero-order valence-electron chi connectivity index (χ0n) is 12.4. The van der Waals surface area contributed by atoms with Crippen LogP contribution in [-0.4, -0.2) is 40.6 Å². The Kier molecular flexibility index (Phi) is 8.98. The van der Waals surface area contributed by atoms with Crippen LogP contribution < -0.4 is 10.5 Å². The number of nitrogens with two attached hydrogens (primary N) is 1. The largest absolute Gasteiger partial charge is 0.496 e.